The molecule has 4 atom stereocenters. The molecule has 1 amide bonds. The maximum absolute atomic E-state index is 14.2. The highest BCUT2D eigenvalue weighted by Crippen LogP contribution is 2.45. The first kappa shape index (κ1) is 14.1. The first-order chi connectivity index (χ1) is 9.58. The average molecular weight is 316 g/mol. The molecule has 108 valence electrons. The highest BCUT2D eigenvalue weighted by molar-refractivity contribution is 8.00. The summed E-state index contributed by atoms with van der Waals surface area (Å²) >= 11 is 7.63. The van der Waals surface area contributed by atoms with Crippen LogP contribution in [0, 0.1) is 11.7 Å². The minimum Gasteiger partial charge on any atom is -0.338 e. The zero-order valence-corrected chi connectivity index (χ0v) is 12.4. The van der Waals surface area contributed by atoms with Gasteiger partial charge in [0.25, 0.3) is 0 Å². The van der Waals surface area contributed by atoms with E-state index >= 15 is 0 Å². The molecule has 1 aromatic carbocycles. The van der Waals surface area contributed by atoms with Crippen molar-refractivity contribution < 1.29 is 9.18 Å². The van der Waals surface area contributed by atoms with Gasteiger partial charge in [0.05, 0.1) is 11.9 Å². The predicted octanol–water partition coefficient (Wildman–Crippen LogP) is 1.82. The monoisotopic (exact) mass is 315 g/mol. The summed E-state index contributed by atoms with van der Waals surface area (Å²) in [6.07, 6.45) is -0.215. The molecule has 20 heavy (non-hydrogen) atoms. The van der Waals surface area contributed by atoms with Crippen molar-refractivity contribution in [2.75, 3.05) is 5.75 Å². The topological polar surface area (TPSA) is 53.2 Å². The SMILES string of the molecule is CC1NNC2NC(=O)CSC(c3c(F)cccc3Cl)C12. The Morgan fingerprint density at radius 3 is 2.95 bits per heavy atom. The summed E-state index contributed by atoms with van der Waals surface area (Å²) in [5.41, 5.74) is 6.65. The van der Waals surface area contributed by atoms with Gasteiger partial charge < -0.3 is 5.32 Å². The first-order valence-electron chi connectivity index (χ1n) is 6.44. The van der Waals surface area contributed by atoms with Crippen LogP contribution in [0.15, 0.2) is 18.2 Å². The molecule has 2 fully saturated rings. The molecule has 7 heteroatoms. The summed E-state index contributed by atoms with van der Waals surface area (Å²) in [6.45, 7) is 2.01. The van der Waals surface area contributed by atoms with Gasteiger partial charge >= 0.3 is 0 Å². The number of amides is 1. The van der Waals surface area contributed by atoms with E-state index < -0.39 is 0 Å². The summed E-state index contributed by atoms with van der Waals surface area (Å²) in [4.78, 5) is 11.8. The Morgan fingerprint density at radius 1 is 1.40 bits per heavy atom. The van der Waals surface area contributed by atoms with Crippen LogP contribution in [0.5, 0.6) is 0 Å². The molecule has 3 N–H and O–H groups in total. The van der Waals surface area contributed by atoms with Crippen LogP contribution in [0.2, 0.25) is 5.02 Å². The smallest absolute Gasteiger partial charge is 0.231 e. The molecule has 0 spiro atoms. The highest BCUT2D eigenvalue weighted by atomic mass is 35.5. The lowest BCUT2D eigenvalue weighted by atomic mass is 9.91. The third-order valence-electron chi connectivity index (χ3n) is 3.77. The van der Waals surface area contributed by atoms with Crippen LogP contribution in [0.25, 0.3) is 0 Å². The Balaban J connectivity index is 2.03. The molecule has 0 saturated carbocycles. The molecule has 3 rings (SSSR count). The maximum atomic E-state index is 14.2. The number of hydrazine groups is 1. The minimum atomic E-state index is -0.317. The van der Waals surface area contributed by atoms with Gasteiger partial charge in [0.2, 0.25) is 5.91 Å². The van der Waals surface area contributed by atoms with E-state index in [0.29, 0.717) is 16.3 Å². The van der Waals surface area contributed by atoms with Crippen LogP contribution in [0.4, 0.5) is 4.39 Å². The molecule has 2 aliphatic heterocycles. The second-order valence-electron chi connectivity index (χ2n) is 5.07. The molecule has 0 radical (unpaired) electrons. The molecular formula is C13H15ClFN3OS. The Hall–Kier alpha value is -0.820. The Bertz CT molecular complexity index is 524. The molecular weight excluding hydrogens is 301 g/mol. The van der Waals surface area contributed by atoms with Gasteiger partial charge in [0.1, 0.15) is 5.82 Å². The second-order valence-corrected chi connectivity index (χ2v) is 6.60. The van der Waals surface area contributed by atoms with E-state index in [9.17, 15) is 9.18 Å². The lowest BCUT2D eigenvalue weighted by Crippen LogP contribution is -2.46. The number of hydrogen-bond donors (Lipinski definition) is 3. The van der Waals surface area contributed by atoms with Gasteiger partial charge in [-0.2, -0.15) is 0 Å². The van der Waals surface area contributed by atoms with Gasteiger partial charge in [0, 0.05) is 27.8 Å². The fraction of sp³-hybridized carbons (Fsp3) is 0.462. The van der Waals surface area contributed by atoms with Crippen LogP contribution in [-0.2, 0) is 4.79 Å². The summed E-state index contributed by atoms with van der Waals surface area (Å²) in [5.74, 6) is -0.0390. The number of rotatable bonds is 1. The molecule has 1 aromatic rings. The van der Waals surface area contributed by atoms with E-state index in [1.165, 1.54) is 17.8 Å². The van der Waals surface area contributed by atoms with Gasteiger partial charge in [-0.15, -0.1) is 11.8 Å². The van der Waals surface area contributed by atoms with Crippen molar-refractivity contribution in [3.63, 3.8) is 0 Å². The van der Waals surface area contributed by atoms with Gasteiger partial charge in [0.15, 0.2) is 0 Å². The lowest BCUT2D eigenvalue weighted by molar-refractivity contribution is -0.119. The molecule has 2 heterocycles. The summed E-state index contributed by atoms with van der Waals surface area (Å²) in [5, 5.41) is 3.15. The van der Waals surface area contributed by atoms with E-state index in [1.807, 2.05) is 6.92 Å². The van der Waals surface area contributed by atoms with Crippen LogP contribution < -0.4 is 16.2 Å². The maximum Gasteiger partial charge on any atom is 0.231 e. The fourth-order valence-electron chi connectivity index (χ4n) is 2.82. The molecule has 2 aliphatic rings. The fourth-order valence-corrected chi connectivity index (χ4v) is 4.60. The molecule has 0 aromatic heterocycles. The van der Waals surface area contributed by atoms with E-state index in [0.717, 1.165) is 0 Å². The van der Waals surface area contributed by atoms with Crippen molar-refractivity contribution in [3.05, 3.63) is 34.6 Å². The van der Waals surface area contributed by atoms with Crippen molar-refractivity contribution in [1.82, 2.24) is 16.2 Å². The van der Waals surface area contributed by atoms with Crippen LogP contribution in [0.1, 0.15) is 17.7 Å². The van der Waals surface area contributed by atoms with E-state index in [2.05, 4.69) is 16.2 Å². The summed E-state index contributed by atoms with van der Waals surface area (Å²) in [6, 6.07) is 4.80. The zero-order valence-electron chi connectivity index (χ0n) is 10.8. The summed E-state index contributed by atoms with van der Waals surface area (Å²) < 4.78 is 14.2. The van der Waals surface area contributed by atoms with Gasteiger partial charge in [-0.05, 0) is 19.1 Å². The van der Waals surface area contributed by atoms with Gasteiger partial charge in [-0.1, -0.05) is 17.7 Å². The number of carbonyl (C=O) groups excluding carboxylic acids is 1. The Labute approximate surface area is 125 Å². The lowest BCUT2D eigenvalue weighted by Gasteiger charge is -2.27. The number of fused-ring (bicyclic) bond motifs is 1. The standard InChI is InChI=1S/C13H15ClFN3OS/c1-6-10-12(11-7(14)3-2-4-8(11)15)20-5-9(19)16-13(10)18-17-6/h2-4,6,10,12-13,17-18H,5H2,1H3,(H,16,19). The molecule has 2 saturated heterocycles. The van der Waals surface area contributed by atoms with E-state index in [-0.39, 0.29) is 35.1 Å². The van der Waals surface area contributed by atoms with Crippen molar-refractivity contribution in [1.29, 1.82) is 0 Å². The van der Waals surface area contributed by atoms with Crippen LogP contribution in [-0.4, -0.2) is 23.9 Å². The third-order valence-corrected chi connectivity index (χ3v) is 5.44. The second kappa shape index (κ2) is 5.52. The van der Waals surface area contributed by atoms with Crippen molar-refractivity contribution in [2.24, 2.45) is 5.92 Å². The number of benzene rings is 1. The molecule has 0 bridgehead atoms. The van der Waals surface area contributed by atoms with Gasteiger partial charge in [-0.25, -0.2) is 9.82 Å². The van der Waals surface area contributed by atoms with E-state index in [4.69, 9.17) is 11.6 Å². The number of nitrogens with one attached hydrogen (secondary N) is 3. The first-order valence-corrected chi connectivity index (χ1v) is 7.86. The Morgan fingerprint density at radius 2 is 2.20 bits per heavy atom. The predicted molar refractivity (Wildman–Crippen MR) is 77.8 cm³/mol. The van der Waals surface area contributed by atoms with Crippen molar-refractivity contribution in [2.45, 2.75) is 24.4 Å². The third kappa shape index (κ3) is 2.41. The van der Waals surface area contributed by atoms with Crippen molar-refractivity contribution >= 4 is 29.3 Å². The van der Waals surface area contributed by atoms with Crippen LogP contribution >= 0.6 is 23.4 Å². The van der Waals surface area contributed by atoms with Gasteiger partial charge in [-0.3, -0.25) is 10.2 Å². The van der Waals surface area contributed by atoms with E-state index in [1.54, 1.807) is 12.1 Å². The highest BCUT2D eigenvalue weighted by Gasteiger charge is 2.44. The molecule has 0 aliphatic carbocycles. The average Bonchev–Trinajstić information content (AvgIpc) is 2.65. The zero-order chi connectivity index (χ0) is 14.3. The minimum absolute atomic E-state index is 0.0286. The number of halogens is 2. The number of hydrogen-bond acceptors (Lipinski definition) is 4. The molecule has 4 nitrogen and oxygen atoms in total. The Kier molecular flexibility index (Phi) is 3.90. The number of carbonyl (C=O) groups is 1. The molecule has 4 unspecified atom stereocenters. The van der Waals surface area contributed by atoms with Crippen molar-refractivity contribution in [3.8, 4) is 0 Å². The largest absolute Gasteiger partial charge is 0.338 e. The van der Waals surface area contributed by atoms with Crippen LogP contribution in [0.3, 0.4) is 0 Å². The normalized spacial score (nSPS) is 33.5. The summed E-state index contributed by atoms with van der Waals surface area (Å²) in [7, 11) is 0. The number of thioether (sulfide) groups is 1. The quantitative estimate of drug-likeness (QED) is 0.740.